The fourth-order valence-corrected chi connectivity index (χ4v) is 9.61. The molecule has 51 heavy (non-hydrogen) atoms. The van der Waals surface area contributed by atoms with Gasteiger partial charge in [-0.15, -0.1) is 0 Å². The minimum absolute atomic E-state index is 0. The van der Waals surface area contributed by atoms with E-state index in [9.17, 15) is 10.2 Å². The van der Waals surface area contributed by atoms with Crippen LogP contribution in [0.25, 0.3) is 0 Å². The molecule has 1 unspecified atom stereocenters. The molecule has 2 aromatic rings. The third-order valence-electron chi connectivity index (χ3n) is 6.94. The molecular weight excluding hydrogens is 766 g/mol. The van der Waals surface area contributed by atoms with Gasteiger partial charge in [0.05, 0.1) is 24.9 Å². The minimum Gasteiger partial charge on any atom is 0 e. The Kier molecular flexibility index (Phi) is 45.5. The van der Waals surface area contributed by atoms with Gasteiger partial charge in [-0.1, -0.05) is 99.9 Å². The van der Waals surface area contributed by atoms with E-state index in [2.05, 4.69) is 103 Å². The first-order valence-corrected chi connectivity index (χ1v) is 16.3. The summed E-state index contributed by atoms with van der Waals surface area (Å²) in [5.41, 5.74) is 0.686. The van der Waals surface area contributed by atoms with Crippen molar-refractivity contribution >= 4 is 18.7 Å². The van der Waals surface area contributed by atoms with E-state index in [0.717, 1.165) is 12.8 Å². The molecule has 2 aromatic carbocycles. The van der Waals surface area contributed by atoms with E-state index in [1.54, 1.807) is 7.11 Å². The van der Waals surface area contributed by atoms with Crippen molar-refractivity contribution in [3.05, 3.63) is 113 Å². The SMILES string of the molecule is C=C(C#CC(C[C@H](O)CO[Si](c1ccccc1)(c1ccccc1)C(C)(C)C)OC)C[C@H]1OCCC[C@@H]1O.[C-]#[O+].[C-]#[O+].[C-]#[O+].[C-]#[O+].[C-]#[O+].[C-]#[O+].[Co].[Co]. The van der Waals surface area contributed by atoms with Gasteiger partial charge in [0.1, 0.15) is 6.10 Å². The first-order valence-electron chi connectivity index (χ1n) is 14.3. The maximum Gasteiger partial charge on any atom is 0 e. The van der Waals surface area contributed by atoms with Crippen LogP contribution < -0.4 is 10.4 Å². The standard InChI is InChI=1S/C31H42O5Si.6CO.2Co/c1-24(21-30-29(33)17-12-20-35-30)18-19-26(34-5)22-25(32)23-36-37(31(2,3)4,27-13-8-6-9-14-27)28-15-10-7-11-16-28;6*1-2;;/h6-11,13-16,25-26,29-30,32-33H,1,12,17,20-23H2,2-5H3;;;;;;;;/t25-,26?,29-,30+;;;;;;;;/m0......../s1. The summed E-state index contributed by atoms with van der Waals surface area (Å²) in [5, 5.41) is 23.3. The predicted molar refractivity (Wildman–Crippen MR) is 175 cm³/mol. The first kappa shape index (κ1) is 60.3. The number of hydrogen-bond donors (Lipinski definition) is 2. The third-order valence-corrected chi connectivity index (χ3v) is 11.9. The summed E-state index contributed by atoms with van der Waals surface area (Å²) >= 11 is 0. The summed E-state index contributed by atoms with van der Waals surface area (Å²) in [6, 6.07) is 20.8. The van der Waals surface area contributed by atoms with Gasteiger partial charge in [0, 0.05) is 60.1 Å². The van der Waals surface area contributed by atoms with Gasteiger partial charge in [0.15, 0.2) is 0 Å². The van der Waals surface area contributed by atoms with Gasteiger partial charge < -0.3 is 24.1 Å². The van der Waals surface area contributed by atoms with E-state index in [1.807, 2.05) is 36.4 Å². The molecular formula is C37H42Co2O11Si. The van der Waals surface area contributed by atoms with Crippen LogP contribution in [0.1, 0.15) is 46.5 Å². The maximum atomic E-state index is 11.0. The van der Waals surface area contributed by atoms with Gasteiger partial charge in [-0.3, -0.25) is 0 Å². The second-order valence-electron chi connectivity index (χ2n) is 10.8. The second-order valence-corrected chi connectivity index (χ2v) is 15.1. The maximum absolute atomic E-state index is 11.0. The van der Waals surface area contributed by atoms with Crippen LogP contribution in [-0.2, 0) is 75.4 Å². The van der Waals surface area contributed by atoms with Crippen molar-refractivity contribution < 1.29 is 85.6 Å². The van der Waals surface area contributed by atoms with E-state index in [0.29, 0.717) is 25.0 Å². The Morgan fingerprint density at radius 3 is 1.69 bits per heavy atom. The van der Waals surface area contributed by atoms with E-state index >= 15 is 0 Å². The molecule has 0 spiro atoms. The largest absolute Gasteiger partial charge is 0 e. The molecule has 3 rings (SSSR count). The zero-order valence-corrected chi connectivity index (χ0v) is 31.9. The van der Waals surface area contributed by atoms with Crippen molar-refractivity contribution in [3.63, 3.8) is 0 Å². The number of hydrogen-bond acceptors (Lipinski definition) is 5. The van der Waals surface area contributed by atoms with Crippen LogP contribution in [0, 0.1) is 51.7 Å². The predicted octanol–water partition coefficient (Wildman–Crippen LogP) is 3.59. The van der Waals surface area contributed by atoms with E-state index in [1.165, 1.54) is 10.4 Å². The molecule has 1 saturated heterocycles. The normalized spacial score (nSPS) is 14.7. The molecule has 1 aliphatic rings. The molecule has 0 aromatic heterocycles. The van der Waals surface area contributed by atoms with E-state index in [-0.39, 0.29) is 51.3 Å². The summed E-state index contributed by atoms with van der Waals surface area (Å²) in [4.78, 5) is 0. The van der Waals surface area contributed by atoms with Crippen LogP contribution >= 0.6 is 0 Å². The molecule has 1 fully saturated rings. The van der Waals surface area contributed by atoms with E-state index in [4.69, 9.17) is 41.8 Å². The summed E-state index contributed by atoms with van der Waals surface area (Å²) in [7, 11) is -1.14. The molecule has 1 aliphatic heterocycles. The van der Waals surface area contributed by atoms with Gasteiger partial charge >= 0.3 is 67.8 Å². The van der Waals surface area contributed by atoms with Gasteiger partial charge in [0.25, 0.3) is 8.32 Å². The molecule has 2 N–H and O–H groups in total. The summed E-state index contributed by atoms with van der Waals surface area (Å²) in [6.45, 7) is 38.5. The minimum atomic E-state index is -2.73. The number of aliphatic hydroxyl groups excluding tert-OH is 2. The number of benzene rings is 2. The Balaban J connectivity index is -0.000000327. The molecule has 11 nitrogen and oxygen atoms in total. The van der Waals surface area contributed by atoms with Gasteiger partial charge in [-0.05, 0) is 33.8 Å². The topological polar surface area (TPSA) is 188 Å². The van der Waals surface area contributed by atoms with Crippen molar-refractivity contribution in [3.8, 4) is 11.8 Å². The van der Waals surface area contributed by atoms with Gasteiger partial charge in [-0.25, -0.2) is 0 Å². The molecule has 0 amide bonds. The molecule has 0 aliphatic carbocycles. The number of aliphatic hydroxyl groups is 2. The van der Waals surface area contributed by atoms with Crippen molar-refractivity contribution in [1.29, 1.82) is 0 Å². The number of methoxy groups -OCH3 is 1. The zero-order valence-electron chi connectivity index (χ0n) is 28.8. The summed E-state index contributed by atoms with van der Waals surface area (Å²) in [6.07, 6.45) is 0.457. The van der Waals surface area contributed by atoms with Crippen LogP contribution in [0.15, 0.2) is 72.8 Å². The Labute approximate surface area is 323 Å². The fraction of sp³-hybridized carbons (Fsp3) is 0.405. The Bertz CT molecular complexity index is 1240. The van der Waals surface area contributed by atoms with Crippen LogP contribution in [0.3, 0.4) is 0 Å². The fourth-order valence-electron chi connectivity index (χ4n) is 5.01. The molecule has 0 bridgehead atoms. The van der Waals surface area contributed by atoms with Gasteiger partial charge in [0.2, 0.25) is 0 Å². The Morgan fingerprint density at radius 2 is 1.31 bits per heavy atom. The molecule has 1 heterocycles. The van der Waals surface area contributed by atoms with Crippen molar-refractivity contribution in [1.82, 2.24) is 0 Å². The monoisotopic (exact) mass is 808 g/mol. The smallest absolute Gasteiger partial charge is 0 e. The third kappa shape index (κ3) is 22.0. The average molecular weight is 809 g/mol. The van der Waals surface area contributed by atoms with Crippen LogP contribution in [-0.4, -0.2) is 63.3 Å². The van der Waals surface area contributed by atoms with Crippen LogP contribution in [0.2, 0.25) is 5.04 Å². The quantitative estimate of drug-likeness (QED) is 0.161. The van der Waals surface area contributed by atoms with Crippen LogP contribution in [0.5, 0.6) is 0 Å². The van der Waals surface area contributed by atoms with Crippen molar-refractivity contribution in [2.24, 2.45) is 0 Å². The molecule has 278 valence electrons. The Morgan fingerprint density at radius 1 is 0.882 bits per heavy atom. The average Bonchev–Trinajstić information content (AvgIpc) is 3.16. The molecule has 14 heteroatoms. The van der Waals surface area contributed by atoms with Crippen LogP contribution in [0.4, 0.5) is 0 Å². The zero-order chi connectivity index (χ0) is 38.9. The first-order chi connectivity index (χ1) is 23.7. The van der Waals surface area contributed by atoms with Crippen molar-refractivity contribution in [2.75, 3.05) is 20.3 Å². The number of ether oxygens (including phenoxy) is 2. The summed E-state index contributed by atoms with van der Waals surface area (Å²) in [5.74, 6) is 6.13. The van der Waals surface area contributed by atoms with E-state index < -0.39 is 26.6 Å². The molecule has 4 atom stereocenters. The Hall–Kier alpha value is -2.79. The van der Waals surface area contributed by atoms with Gasteiger partial charge in [-0.2, -0.15) is 0 Å². The number of rotatable bonds is 10. The van der Waals surface area contributed by atoms with Crippen molar-refractivity contribution in [2.45, 2.75) is 75.9 Å². The molecule has 2 radical (unpaired) electrons. The second kappa shape index (κ2) is 38.4. The summed E-state index contributed by atoms with van der Waals surface area (Å²) < 4.78 is 63.0. The molecule has 0 saturated carbocycles.